The van der Waals surface area contributed by atoms with Crippen molar-refractivity contribution in [2.75, 3.05) is 6.54 Å². The smallest absolute Gasteiger partial charge is 0.352 e. The van der Waals surface area contributed by atoms with Crippen LogP contribution in [0.5, 0.6) is 0 Å². The Hall–Kier alpha value is -1.56. The van der Waals surface area contributed by atoms with E-state index in [1.54, 1.807) is 30.3 Å². The first kappa shape index (κ1) is 14.8. The quantitative estimate of drug-likeness (QED) is 0.873. The fraction of sp³-hybridized carbons (Fsp3) is 0.500. The molecule has 1 amide bonds. The Morgan fingerprint density at radius 1 is 1.30 bits per heavy atom. The highest BCUT2D eigenvalue weighted by Gasteiger charge is 2.33. The third-order valence-electron chi connectivity index (χ3n) is 3.33. The average Bonchev–Trinajstić information content (AvgIpc) is 2.80. The maximum atomic E-state index is 12.6. The summed E-state index contributed by atoms with van der Waals surface area (Å²) in [4.78, 5) is 11.1. The number of carbonyl (C=O) groups excluding carboxylic acids is 1. The third kappa shape index (κ3) is 4.52. The molecule has 0 radical (unpaired) electrons. The SMILES string of the molecule is O=C1CCC(CNC(CC(F)(F)F)c2ccccc2)N1. The van der Waals surface area contributed by atoms with Crippen LogP contribution in [-0.4, -0.2) is 24.7 Å². The molecule has 0 bridgehead atoms. The van der Waals surface area contributed by atoms with E-state index in [1.165, 1.54) is 0 Å². The minimum Gasteiger partial charge on any atom is -0.352 e. The lowest BCUT2D eigenvalue weighted by Crippen LogP contribution is -2.38. The van der Waals surface area contributed by atoms with Gasteiger partial charge in [0.1, 0.15) is 0 Å². The van der Waals surface area contributed by atoms with Crippen LogP contribution in [0.15, 0.2) is 30.3 Å². The number of amides is 1. The topological polar surface area (TPSA) is 41.1 Å². The molecule has 2 atom stereocenters. The first-order valence-corrected chi connectivity index (χ1v) is 6.58. The van der Waals surface area contributed by atoms with Gasteiger partial charge >= 0.3 is 6.18 Å². The van der Waals surface area contributed by atoms with Crippen molar-refractivity contribution in [2.45, 2.75) is 37.5 Å². The van der Waals surface area contributed by atoms with E-state index in [9.17, 15) is 18.0 Å². The maximum absolute atomic E-state index is 12.6. The van der Waals surface area contributed by atoms with Crippen LogP contribution < -0.4 is 10.6 Å². The zero-order chi connectivity index (χ0) is 14.6. The van der Waals surface area contributed by atoms with Crippen LogP contribution in [0.1, 0.15) is 30.9 Å². The maximum Gasteiger partial charge on any atom is 0.390 e. The van der Waals surface area contributed by atoms with Crippen molar-refractivity contribution in [1.29, 1.82) is 0 Å². The molecule has 1 aromatic carbocycles. The van der Waals surface area contributed by atoms with Crippen LogP contribution in [0, 0.1) is 0 Å². The van der Waals surface area contributed by atoms with Crippen molar-refractivity contribution in [3.63, 3.8) is 0 Å². The van der Waals surface area contributed by atoms with Crippen LogP contribution in [-0.2, 0) is 4.79 Å². The number of carbonyl (C=O) groups is 1. The Kier molecular flexibility index (Phi) is 4.65. The largest absolute Gasteiger partial charge is 0.390 e. The lowest BCUT2D eigenvalue weighted by atomic mass is 10.0. The molecule has 1 saturated heterocycles. The lowest BCUT2D eigenvalue weighted by molar-refractivity contribution is -0.140. The van der Waals surface area contributed by atoms with Gasteiger partial charge in [0, 0.05) is 25.0 Å². The molecule has 110 valence electrons. The summed E-state index contributed by atoms with van der Waals surface area (Å²) in [7, 11) is 0. The summed E-state index contributed by atoms with van der Waals surface area (Å²) >= 11 is 0. The molecule has 20 heavy (non-hydrogen) atoms. The Morgan fingerprint density at radius 2 is 2.00 bits per heavy atom. The molecule has 1 aromatic rings. The summed E-state index contributed by atoms with van der Waals surface area (Å²) in [5.41, 5.74) is 0.606. The van der Waals surface area contributed by atoms with Crippen LogP contribution in [0.2, 0.25) is 0 Å². The first-order valence-electron chi connectivity index (χ1n) is 6.58. The zero-order valence-electron chi connectivity index (χ0n) is 10.9. The molecule has 6 heteroatoms. The third-order valence-corrected chi connectivity index (χ3v) is 3.33. The van der Waals surface area contributed by atoms with E-state index < -0.39 is 18.6 Å². The Labute approximate surface area is 115 Å². The van der Waals surface area contributed by atoms with Crippen molar-refractivity contribution >= 4 is 5.91 Å². The molecule has 2 rings (SSSR count). The molecule has 0 aliphatic carbocycles. The molecule has 0 aromatic heterocycles. The van der Waals surface area contributed by atoms with Gasteiger partial charge in [-0.2, -0.15) is 13.2 Å². The lowest BCUT2D eigenvalue weighted by Gasteiger charge is -2.22. The van der Waals surface area contributed by atoms with Gasteiger partial charge in [-0.1, -0.05) is 30.3 Å². The molecule has 1 aliphatic rings. The Morgan fingerprint density at radius 3 is 2.55 bits per heavy atom. The number of alkyl halides is 3. The predicted molar refractivity (Wildman–Crippen MR) is 69.0 cm³/mol. The van der Waals surface area contributed by atoms with Crippen LogP contribution in [0.25, 0.3) is 0 Å². The summed E-state index contributed by atoms with van der Waals surface area (Å²) < 4.78 is 37.9. The Balaban J connectivity index is 1.98. The highest BCUT2D eigenvalue weighted by Crippen LogP contribution is 2.29. The second-order valence-electron chi connectivity index (χ2n) is 4.99. The van der Waals surface area contributed by atoms with Gasteiger partial charge < -0.3 is 10.6 Å². The van der Waals surface area contributed by atoms with Crippen LogP contribution >= 0.6 is 0 Å². The van der Waals surface area contributed by atoms with Gasteiger partial charge in [0.05, 0.1) is 6.42 Å². The molecule has 0 saturated carbocycles. The second-order valence-corrected chi connectivity index (χ2v) is 4.99. The van der Waals surface area contributed by atoms with E-state index in [0.29, 0.717) is 24.9 Å². The van der Waals surface area contributed by atoms with Gasteiger partial charge in [0.2, 0.25) is 5.91 Å². The molecule has 2 N–H and O–H groups in total. The standard InChI is InChI=1S/C14H17F3N2O/c15-14(16,17)8-12(10-4-2-1-3-5-10)18-9-11-6-7-13(20)19-11/h1-5,11-12,18H,6-9H2,(H,19,20). The van der Waals surface area contributed by atoms with E-state index >= 15 is 0 Å². The van der Waals surface area contributed by atoms with Gasteiger partial charge in [0.15, 0.2) is 0 Å². The Bertz CT molecular complexity index is 447. The normalized spacial score (nSPS) is 20.8. The summed E-state index contributed by atoms with van der Waals surface area (Å²) in [6.07, 6.45) is -4.04. The van der Waals surface area contributed by atoms with E-state index in [1.807, 2.05) is 0 Å². The summed E-state index contributed by atoms with van der Waals surface area (Å²) in [5.74, 6) is -0.0381. The van der Waals surface area contributed by atoms with Crippen molar-refractivity contribution < 1.29 is 18.0 Å². The van der Waals surface area contributed by atoms with Gasteiger partial charge in [-0.25, -0.2) is 0 Å². The minimum atomic E-state index is -4.23. The average molecular weight is 286 g/mol. The highest BCUT2D eigenvalue weighted by atomic mass is 19.4. The molecule has 1 heterocycles. The molecule has 2 unspecified atom stereocenters. The second kappa shape index (κ2) is 6.26. The van der Waals surface area contributed by atoms with Gasteiger partial charge in [-0.15, -0.1) is 0 Å². The number of hydrogen-bond donors (Lipinski definition) is 2. The molecule has 1 fully saturated rings. The zero-order valence-corrected chi connectivity index (χ0v) is 10.9. The summed E-state index contributed by atoms with van der Waals surface area (Å²) in [6.45, 7) is 0.349. The van der Waals surface area contributed by atoms with E-state index in [-0.39, 0.29) is 11.9 Å². The monoisotopic (exact) mass is 286 g/mol. The minimum absolute atomic E-state index is 0.0381. The van der Waals surface area contributed by atoms with Crippen LogP contribution in [0.3, 0.4) is 0 Å². The first-order chi connectivity index (χ1) is 9.44. The van der Waals surface area contributed by atoms with E-state index in [0.717, 1.165) is 0 Å². The predicted octanol–water partition coefficient (Wildman–Crippen LogP) is 2.55. The van der Waals surface area contributed by atoms with Gasteiger partial charge in [-0.05, 0) is 12.0 Å². The van der Waals surface area contributed by atoms with Crippen molar-refractivity contribution in [3.8, 4) is 0 Å². The fourth-order valence-corrected chi connectivity index (χ4v) is 2.34. The number of benzene rings is 1. The van der Waals surface area contributed by atoms with Gasteiger partial charge in [-0.3, -0.25) is 4.79 Å². The number of halogens is 3. The van der Waals surface area contributed by atoms with E-state index in [4.69, 9.17) is 0 Å². The van der Waals surface area contributed by atoms with Crippen molar-refractivity contribution in [2.24, 2.45) is 0 Å². The van der Waals surface area contributed by atoms with Crippen molar-refractivity contribution in [1.82, 2.24) is 10.6 Å². The number of nitrogens with one attached hydrogen (secondary N) is 2. The molecule has 0 spiro atoms. The van der Waals surface area contributed by atoms with Crippen LogP contribution in [0.4, 0.5) is 13.2 Å². The molecular formula is C14H17F3N2O. The fourth-order valence-electron chi connectivity index (χ4n) is 2.34. The summed E-state index contributed by atoms with van der Waals surface area (Å²) in [5, 5.41) is 5.66. The molecule has 1 aliphatic heterocycles. The number of hydrogen-bond acceptors (Lipinski definition) is 2. The molecular weight excluding hydrogens is 269 g/mol. The highest BCUT2D eigenvalue weighted by molar-refractivity contribution is 5.78. The summed E-state index contributed by atoms with van der Waals surface area (Å²) in [6, 6.07) is 7.70. The molecule has 3 nitrogen and oxygen atoms in total. The van der Waals surface area contributed by atoms with Gasteiger partial charge in [0.25, 0.3) is 0 Å². The van der Waals surface area contributed by atoms with E-state index in [2.05, 4.69) is 10.6 Å². The van der Waals surface area contributed by atoms with Crippen molar-refractivity contribution in [3.05, 3.63) is 35.9 Å². The number of rotatable bonds is 5.